The number of hydrogen-bond donors (Lipinski definition) is 2. The lowest BCUT2D eigenvalue weighted by Gasteiger charge is -2.49. The lowest BCUT2D eigenvalue weighted by molar-refractivity contribution is 0.0278. The Morgan fingerprint density at radius 2 is 1.83 bits per heavy atom. The summed E-state index contributed by atoms with van der Waals surface area (Å²) in [5.74, 6) is 0. The molecule has 1 aromatic rings. The van der Waals surface area contributed by atoms with Gasteiger partial charge in [0.1, 0.15) is 5.72 Å². The molecule has 0 amide bonds. The van der Waals surface area contributed by atoms with Gasteiger partial charge in [-0.05, 0) is 57.3 Å². The maximum Gasteiger partial charge on any atom is 0.176 e. The standard InChI is InChI=1S/C13H17BrN2OS/c1-12(2)8-13(3,17)16(11(18)15-12)10-6-4-9(14)5-7-10/h4-7,17H,8H2,1-3H3,(H,15,18). The van der Waals surface area contributed by atoms with Crippen LogP contribution < -0.4 is 10.2 Å². The minimum atomic E-state index is -0.986. The zero-order valence-electron chi connectivity index (χ0n) is 10.7. The summed E-state index contributed by atoms with van der Waals surface area (Å²) < 4.78 is 1.00. The first kappa shape index (κ1) is 13.8. The summed E-state index contributed by atoms with van der Waals surface area (Å²) in [5, 5.41) is 14.5. The van der Waals surface area contributed by atoms with Crippen molar-refractivity contribution in [3.05, 3.63) is 28.7 Å². The van der Waals surface area contributed by atoms with E-state index >= 15 is 0 Å². The van der Waals surface area contributed by atoms with Gasteiger partial charge in [0.05, 0.1) is 0 Å². The second-order valence-corrected chi connectivity index (χ2v) is 6.82. The van der Waals surface area contributed by atoms with E-state index in [2.05, 4.69) is 21.2 Å². The van der Waals surface area contributed by atoms with Crippen molar-refractivity contribution in [1.29, 1.82) is 0 Å². The van der Waals surface area contributed by atoms with Gasteiger partial charge < -0.3 is 10.4 Å². The van der Waals surface area contributed by atoms with Crippen LogP contribution in [-0.4, -0.2) is 21.5 Å². The molecule has 0 radical (unpaired) electrons. The Balaban J connectivity index is 2.38. The molecule has 98 valence electrons. The van der Waals surface area contributed by atoms with E-state index < -0.39 is 5.72 Å². The second-order valence-electron chi connectivity index (χ2n) is 5.52. The Hall–Kier alpha value is -0.650. The third-order valence-corrected chi connectivity index (χ3v) is 3.81. The molecule has 1 aliphatic heterocycles. The lowest BCUT2D eigenvalue weighted by atomic mass is 9.90. The summed E-state index contributed by atoms with van der Waals surface area (Å²) >= 11 is 8.78. The summed E-state index contributed by atoms with van der Waals surface area (Å²) in [6.07, 6.45) is 0.593. The number of rotatable bonds is 1. The van der Waals surface area contributed by atoms with Crippen molar-refractivity contribution in [3.63, 3.8) is 0 Å². The number of aliphatic hydroxyl groups is 1. The van der Waals surface area contributed by atoms with Gasteiger partial charge in [-0.15, -0.1) is 0 Å². The van der Waals surface area contributed by atoms with Gasteiger partial charge in [-0.3, -0.25) is 4.90 Å². The quantitative estimate of drug-likeness (QED) is 0.777. The first-order chi connectivity index (χ1) is 8.21. The topological polar surface area (TPSA) is 35.5 Å². The molecule has 0 bridgehead atoms. The van der Waals surface area contributed by atoms with E-state index in [1.165, 1.54) is 0 Å². The molecule has 0 spiro atoms. The fourth-order valence-corrected chi connectivity index (χ4v) is 3.35. The smallest absolute Gasteiger partial charge is 0.176 e. The molecular formula is C13H17BrN2OS. The van der Waals surface area contributed by atoms with E-state index in [1.54, 1.807) is 11.8 Å². The Morgan fingerprint density at radius 1 is 1.28 bits per heavy atom. The van der Waals surface area contributed by atoms with Crippen molar-refractivity contribution >= 4 is 38.9 Å². The second kappa shape index (κ2) is 4.47. The zero-order valence-corrected chi connectivity index (χ0v) is 13.1. The van der Waals surface area contributed by atoms with Gasteiger partial charge in [0.2, 0.25) is 0 Å². The summed E-state index contributed by atoms with van der Waals surface area (Å²) in [7, 11) is 0. The molecule has 1 aliphatic rings. The summed E-state index contributed by atoms with van der Waals surface area (Å²) in [4.78, 5) is 1.76. The first-order valence-corrected chi connectivity index (χ1v) is 7.02. The van der Waals surface area contributed by atoms with Crippen LogP contribution in [0.3, 0.4) is 0 Å². The van der Waals surface area contributed by atoms with E-state index in [0.29, 0.717) is 11.5 Å². The molecule has 1 saturated heterocycles. The lowest BCUT2D eigenvalue weighted by Crippen LogP contribution is -2.66. The number of nitrogens with zero attached hydrogens (tertiary/aromatic N) is 1. The first-order valence-electron chi connectivity index (χ1n) is 5.82. The van der Waals surface area contributed by atoms with Crippen LogP contribution in [-0.2, 0) is 0 Å². The van der Waals surface area contributed by atoms with Crippen LogP contribution in [0.25, 0.3) is 0 Å². The van der Waals surface area contributed by atoms with E-state index in [-0.39, 0.29) is 5.54 Å². The Labute approximate surface area is 121 Å². The maximum absolute atomic E-state index is 10.6. The van der Waals surface area contributed by atoms with Gasteiger partial charge in [-0.1, -0.05) is 15.9 Å². The number of hydrogen-bond acceptors (Lipinski definition) is 2. The van der Waals surface area contributed by atoms with Gasteiger partial charge in [-0.25, -0.2) is 0 Å². The van der Waals surface area contributed by atoms with E-state index in [4.69, 9.17) is 12.2 Å². The molecule has 0 saturated carbocycles. The number of anilines is 1. The normalized spacial score (nSPS) is 26.9. The highest BCUT2D eigenvalue weighted by molar-refractivity contribution is 9.10. The fraction of sp³-hybridized carbons (Fsp3) is 0.462. The molecule has 5 heteroatoms. The van der Waals surface area contributed by atoms with Crippen LogP contribution in [0.5, 0.6) is 0 Å². The molecule has 0 aliphatic carbocycles. The molecule has 2 N–H and O–H groups in total. The molecule has 1 aromatic carbocycles. The molecule has 2 rings (SSSR count). The summed E-state index contributed by atoms with van der Waals surface area (Å²) in [6, 6.07) is 7.75. The highest BCUT2D eigenvalue weighted by Crippen LogP contribution is 2.33. The Bertz CT molecular complexity index is 470. The van der Waals surface area contributed by atoms with Crippen LogP contribution in [0.15, 0.2) is 28.7 Å². The number of thiocarbonyl (C=S) groups is 1. The number of benzene rings is 1. The minimum absolute atomic E-state index is 0.202. The van der Waals surface area contributed by atoms with Crippen molar-refractivity contribution in [2.24, 2.45) is 0 Å². The van der Waals surface area contributed by atoms with E-state index in [1.807, 2.05) is 38.1 Å². The van der Waals surface area contributed by atoms with Gasteiger partial charge in [0.15, 0.2) is 5.11 Å². The minimum Gasteiger partial charge on any atom is -0.371 e. The molecule has 0 aromatic heterocycles. The van der Waals surface area contributed by atoms with E-state index in [0.717, 1.165) is 10.2 Å². The fourth-order valence-electron chi connectivity index (χ4n) is 2.51. The molecule has 3 nitrogen and oxygen atoms in total. The van der Waals surface area contributed by atoms with Gasteiger partial charge in [-0.2, -0.15) is 0 Å². The van der Waals surface area contributed by atoms with Gasteiger partial charge >= 0.3 is 0 Å². The van der Waals surface area contributed by atoms with Crippen LogP contribution in [0, 0.1) is 0 Å². The number of halogens is 1. The predicted molar refractivity (Wildman–Crippen MR) is 81.7 cm³/mol. The maximum atomic E-state index is 10.6. The van der Waals surface area contributed by atoms with Gasteiger partial charge in [0.25, 0.3) is 0 Å². The Kier molecular flexibility index (Phi) is 3.42. The van der Waals surface area contributed by atoms with Crippen molar-refractivity contribution in [2.75, 3.05) is 4.90 Å². The monoisotopic (exact) mass is 328 g/mol. The average molecular weight is 329 g/mol. The largest absolute Gasteiger partial charge is 0.371 e. The van der Waals surface area contributed by atoms with Crippen LogP contribution in [0.2, 0.25) is 0 Å². The highest BCUT2D eigenvalue weighted by Gasteiger charge is 2.43. The SMILES string of the molecule is CC1(C)CC(C)(O)N(c2ccc(Br)cc2)C(=S)N1. The van der Waals surface area contributed by atoms with Gasteiger partial charge in [0, 0.05) is 22.1 Å². The molecule has 1 fully saturated rings. The number of nitrogens with one attached hydrogen (secondary N) is 1. The van der Waals surface area contributed by atoms with Crippen molar-refractivity contribution in [1.82, 2.24) is 5.32 Å². The molecular weight excluding hydrogens is 312 g/mol. The predicted octanol–water partition coefficient (Wildman–Crippen LogP) is 3.02. The zero-order chi connectivity index (χ0) is 13.6. The molecule has 1 unspecified atom stereocenters. The molecule has 1 heterocycles. The summed E-state index contributed by atoms with van der Waals surface area (Å²) in [5.41, 5.74) is -0.303. The molecule has 1 atom stereocenters. The Morgan fingerprint density at radius 3 is 2.33 bits per heavy atom. The average Bonchev–Trinajstić information content (AvgIpc) is 2.16. The van der Waals surface area contributed by atoms with Crippen LogP contribution >= 0.6 is 28.1 Å². The van der Waals surface area contributed by atoms with Crippen LogP contribution in [0.4, 0.5) is 5.69 Å². The van der Waals surface area contributed by atoms with E-state index in [9.17, 15) is 5.11 Å². The third kappa shape index (κ3) is 2.68. The summed E-state index contributed by atoms with van der Waals surface area (Å²) in [6.45, 7) is 5.86. The van der Waals surface area contributed by atoms with Crippen molar-refractivity contribution < 1.29 is 5.11 Å². The van der Waals surface area contributed by atoms with Crippen LogP contribution in [0.1, 0.15) is 27.2 Å². The third-order valence-electron chi connectivity index (χ3n) is 2.99. The van der Waals surface area contributed by atoms with Crippen molar-refractivity contribution in [3.8, 4) is 0 Å². The highest BCUT2D eigenvalue weighted by atomic mass is 79.9. The molecule has 18 heavy (non-hydrogen) atoms. The van der Waals surface area contributed by atoms with Crippen molar-refractivity contribution in [2.45, 2.75) is 38.5 Å².